The van der Waals surface area contributed by atoms with Gasteiger partial charge in [0.25, 0.3) is 5.91 Å². The number of carbonyl (C=O) groups excluding carboxylic acids is 3. The lowest BCUT2D eigenvalue weighted by molar-refractivity contribution is -0.128. The number of aromatic nitrogens is 1. The van der Waals surface area contributed by atoms with Crippen LogP contribution in [0, 0.1) is 23.7 Å². The lowest BCUT2D eigenvalue weighted by Gasteiger charge is -2.37. The zero-order valence-electron chi connectivity index (χ0n) is 23.7. The van der Waals surface area contributed by atoms with E-state index < -0.39 is 60.4 Å². The average molecular weight is 635 g/mol. The number of benzene rings is 2. The molecule has 2 atom stereocenters. The summed E-state index contributed by atoms with van der Waals surface area (Å²) in [5.41, 5.74) is 0.0406. The van der Waals surface area contributed by atoms with E-state index in [1.54, 1.807) is 12.1 Å². The number of alkyl halides is 2. The second-order valence-electron chi connectivity index (χ2n) is 10.9. The second-order valence-corrected chi connectivity index (χ2v) is 11.3. The van der Waals surface area contributed by atoms with Crippen LogP contribution in [0.25, 0.3) is 4.85 Å². The highest BCUT2D eigenvalue weighted by molar-refractivity contribution is 6.31. The van der Waals surface area contributed by atoms with E-state index in [0.29, 0.717) is 0 Å². The molecule has 1 aromatic heterocycles. The molecule has 230 valence electrons. The van der Waals surface area contributed by atoms with Crippen LogP contribution in [0.5, 0.6) is 0 Å². The molecule has 3 aromatic rings. The van der Waals surface area contributed by atoms with Crippen LogP contribution in [0.3, 0.4) is 0 Å². The fourth-order valence-electron chi connectivity index (χ4n) is 5.71. The fourth-order valence-corrected chi connectivity index (χ4v) is 5.95. The van der Waals surface area contributed by atoms with E-state index in [9.17, 15) is 32.8 Å². The molecule has 5 rings (SSSR count). The van der Waals surface area contributed by atoms with Gasteiger partial charge in [-0.2, -0.15) is 5.26 Å². The first-order valence-electron chi connectivity index (χ1n) is 14.1. The molecule has 1 N–H and O–H groups in total. The molecular weight excluding hydrogens is 609 g/mol. The van der Waals surface area contributed by atoms with Crippen LogP contribution in [0.1, 0.15) is 55.7 Å². The molecule has 0 unspecified atom stereocenters. The molecule has 1 saturated heterocycles. The molecule has 9 nitrogen and oxygen atoms in total. The van der Waals surface area contributed by atoms with Crippen LogP contribution in [-0.2, 0) is 14.4 Å². The molecule has 1 aliphatic carbocycles. The Kier molecular flexibility index (Phi) is 9.07. The zero-order chi connectivity index (χ0) is 32.3. The van der Waals surface area contributed by atoms with Gasteiger partial charge in [-0.15, -0.1) is 0 Å². The SMILES string of the molecule is [C-]#[N+]c1cc(F)cc(N(C(=O)[C@@H]2CCC(=O)N2c2cc(C#N)ccn2)[C@H](C(=O)NC2CCC(F)(F)CC2)c2ccccc2Cl)c1. The molecule has 0 bridgehead atoms. The Bertz CT molecular complexity index is 1730. The zero-order valence-corrected chi connectivity index (χ0v) is 24.5. The summed E-state index contributed by atoms with van der Waals surface area (Å²) in [6.07, 6.45) is 0.407. The van der Waals surface area contributed by atoms with Gasteiger partial charge in [-0.1, -0.05) is 29.8 Å². The summed E-state index contributed by atoms with van der Waals surface area (Å²) in [5, 5.41) is 12.3. The Hall–Kier alpha value is -4.94. The maximum Gasteiger partial charge on any atom is 0.251 e. The summed E-state index contributed by atoms with van der Waals surface area (Å²) in [6.45, 7) is 7.46. The molecule has 3 amide bonds. The fraction of sp³-hybridized carbons (Fsp3) is 0.312. The van der Waals surface area contributed by atoms with Crippen molar-refractivity contribution in [3.05, 3.63) is 94.2 Å². The maximum absolute atomic E-state index is 14.9. The first kappa shape index (κ1) is 31.5. The van der Waals surface area contributed by atoms with Gasteiger partial charge < -0.3 is 5.32 Å². The minimum Gasteiger partial charge on any atom is -0.351 e. The van der Waals surface area contributed by atoms with Crippen molar-refractivity contribution in [3.8, 4) is 6.07 Å². The highest BCUT2D eigenvalue weighted by Crippen LogP contribution is 2.38. The van der Waals surface area contributed by atoms with Crippen molar-refractivity contribution in [2.24, 2.45) is 0 Å². The number of nitrogens with one attached hydrogen (secondary N) is 1. The number of halogens is 4. The topological polar surface area (TPSA) is 111 Å². The van der Waals surface area contributed by atoms with E-state index in [4.69, 9.17) is 18.2 Å². The maximum atomic E-state index is 14.9. The van der Waals surface area contributed by atoms with E-state index in [2.05, 4.69) is 15.1 Å². The van der Waals surface area contributed by atoms with Gasteiger partial charge in [-0.3, -0.25) is 24.2 Å². The molecular formula is C32H26ClF3N6O3. The van der Waals surface area contributed by atoms with Crippen molar-refractivity contribution in [1.29, 1.82) is 5.26 Å². The van der Waals surface area contributed by atoms with E-state index in [-0.39, 0.29) is 59.0 Å². The molecule has 2 aromatic carbocycles. The summed E-state index contributed by atoms with van der Waals surface area (Å²) in [4.78, 5) is 51.6. The number of nitriles is 1. The number of nitrogens with zero attached hydrogens (tertiary/aromatic N) is 5. The molecule has 2 fully saturated rings. The molecule has 1 saturated carbocycles. The Morgan fingerprint density at radius 2 is 1.89 bits per heavy atom. The Morgan fingerprint density at radius 3 is 2.58 bits per heavy atom. The second kappa shape index (κ2) is 13.0. The summed E-state index contributed by atoms with van der Waals surface area (Å²) in [5.74, 6) is -5.69. The van der Waals surface area contributed by atoms with Crippen LogP contribution in [0.2, 0.25) is 5.02 Å². The van der Waals surface area contributed by atoms with Crippen LogP contribution in [0.15, 0.2) is 60.8 Å². The van der Waals surface area contributed by atoms with Gasteiger partial charge in [0.05, 0.1) is 18.2 Å². The van der Waals surface area contributed by atoms with Gasteiger partial charge in [0.2, 0.25) is 17.7 Å². The number of amides is 3. The predicted octanol–water partition coefficient (Wildman–Crippen LogP) is 6.26. The third-order valence-corrected chi connectivity index (χ3v) is 8.24. The average Bonchev–Trinajstić information content (AvgIpc) is 3.41. The van der Waals surface area contributed by atoms with E-state index >= 15 is 0 Å². The smallest absolute Gasteiger partial charge is 0.251 e. The molecule has 0 radical (unpaired) electrons. The highest BCUT2D eigenvalue weighted by Gasteiger charge is 2.45. The number of rotatable bonds is 7. The number of hydrogen-bond donors (Lipinski definition) is 1. The molecule has 2 heterocycles. The van der Waals surface area contributed by atoms with E-state index in [1.165, 1.54) is 36.5 Å². The van der Waals surface area contributed by atoms with Gasteiger partial charge in [0.15, 0.2) is 5.69 Å². The summed E-state index contributed by atoms with van der Waals surface area (Å²) >= 11 is 6.57. The van der Waals surface area contributed by atoms with Gasteiger partial charge in [0.1, 0.15) is 23.7 Å². The predicted molar refractivity (Wildman–Crippen MR) is 159 cm³/mol. The lowest BCUT2D eigenvalue weighted by Crippen LogP contribution is -2.53. The summed E-state index contributed by atoms with van der Waals surface area (Å²) in [6, 6.07) is 10.7. The third-order valence-electron chi connectivity index (χ3n) is 7.90. The van der Waals surface area contributed by atoms with Gasteiger partial charge >= 0.3 is 0 Å². The Labute approximate surface area is 262 Å². The molecule has 13 heteroatoms. The standard InChI is InChI=1S/C32H26ClF3N6O3/c1-38-22-15-20(34)16-23(17-22)41(31(45)26-6-7-28(43)42(26)27-14-19(18-37)10-13-39-27)29(24-4-2-3-5-25(24)33)30(44)40-21-8-11-32(35,36)12-9-21/h2-5,10,13-17,21,26,29H,6-9,11-12H2,(H,40,44)/t26-,29-/m0/s1. The summed E-state index contributed by atoms with van der Waals surface area (Å²) < 4.78 is 42.7. The van der Waals surface area contributed by atoms with E-state index in [1.807, 2.05) is 6.07 Å². The van der Waals surface area contributed by atoms with E-state index in [0.717, 1.165) is 21.9 Å². The summed E-state index contributed by atoms with van der Waals surface area (Å²) in [7, 11) is 0. The van der Waals surface area contributed by atoms with Crippen molar-refractivity contribution >= 4 is 46.5 Å². The van der Waals surface area contributed by atoms with Gasteiger partial charge in [-0.25, -0.2) is 23.0 Å². The van der Waals surface area contributed by atoms with Crippen molar-refractivity contribution in [1.82, 2.24) is 10.3 Å². The quantitative estimate of drug-likeness (QED) is 0.309. The van der Waals surface area contributed by atoms with Crippen LogP contribution in [0.4, 0.5) is 30.4 Å². The van der Waals surface area contributed by atoms with Crippen molar-refractivity contribution in [3.63, 3.8) is 0 Å². The number of pyridine rings is 1. The Balaban J connectivity index is 1.64. The first-order chi connectivity index (χ1) is 21.5. The number of hydrogen-bond acceptors (Lipinski definition) is 5. The Morgan fingerprint density at radius 1 is 1.16 bits per heavy atom. The molecule has 1 aliphatic heterocycles. The molecule has 45 heavy (non-hydrogen) atoms. The van der Waals surface area contributed by atoms with Crippen molar-refractivity contribution in [2.45, 2.75) is 62.6 Å². The third kappa shape index (κ3) is 6.76. The minimum absolute atomic E-state index is 0.00439. The lowest BCUT2D eigenvalue weighted by atomic mass is 9.91. The van der Waals surface area contributed by atoms with Crippen molar-refractivity contribution < 1.29 is 27.6 Å². The van der Waals surface area contributed by atoms with Crippen LogP contribution >= 0.6 is 11.6 Å². The monoisotopic (exact) mass is 634 g/mol. The van der Waals surface area contributed by atoms with Gasteiger partial charge in [0, 0.05) is 47.8 Å². The highest BCUT2D eigenvalue weighted by atomic mass is 35.5. The van der Waals surface area contributed by atoms with Gasteiger partial charge in [-0.05, 0) is 55.7 Å². The first-order valence-corrected chi connectivity index (χ1v) is 14.5. The minimum atomic E-state index is -2.85. The normalized spacial score (nSPS) is 18.5. The largest absolute Gasteiger partial charge is 0.351 e. The van der Waals surface area contributed by atoms with Crippen LogP contribution in [-0.4, -0.2) is 40.7 Å². The number of carbonyl (C=O) groups is 3. The van der Waals surface area contributed by atoms with Crippen LogP contribution < -0.4 is 15.1 Å². The molecule has 0 spiro atoms. The number of anilines is 2. The van der Waals surface area contributed by atoms with Crippen molar-refractivity contribution in [2.75, 3.05) is 9.80 Å². The molecule has 2 aliphatic rings.